The largest absolute Gasteiger partial charge is 0.388 e. The lowest BCUT2D eigenvalue weighted by atomic mass is 9.88. The van der Waals surface area contributed by atoms with Crippen LogP contribution in [0.1, 0.15) is 34.9 Å². The standard InChI is InChI=1S/C19H19Cl2NO2/c20-16-9-8-14(11-17(16)21)19(24)22-10-4-7-15(12-22)18(23)13-5-2-1-3-6-13/h1-3,5-6,8-9,11,15,18,23H,4,7,10,12H2. The van der Waals surface area contributed by atoms with E-state index in [0.29, 0.717) is 28.7 Å². The molecule has 24 heavy (non-hydrogen) atoms. The Morgan fingerprint density at radius 3 is 2.58 bits per heavy atom. The molecule has 2 unspecified atom stereocenters. The summed E-state index contributed by atoms with van der Waals surface area (Å²) in [5.41, 5.74) is 1.42. The van der Waals surface area contributed by atoms with Gasteiger partial charge in [-0.05, 0) is 36.6 Å². The average molecular weight is 364 g/mol. The molecule has 5 heteroatoms. The molecule has 0 aromatic heterocycles. The maximum Gasteiger partial charge on any atom is 0.253 e. The van der Waals surface area contributed by atoms with Crippen molar-refractivity contribution in [1.82, 2.24) is 4.90 Å². The Bertz CT molecular complexity index is 721. The summed E-state index contributed by atoms with van der Waals surface area (Å²) < 4.78 is 0. The third-order valence-corrected chi connectivity index (χ3v) is 5.24. The zero-order valence-corrected chi connectivity index (χ0v) is 14.7. The molecule has 0 bridgehead atoms. The number of nitrogens with zero attached hydrogens (tertiary/aromatic N) is 1. The van der Waals surface area contributed by atoms with Crippen molar-refractivity contribution in [2.75, 3.05) is 13.1 Å². The van der Waals surface area contributed by atoms with Crippen molar-refractivity contribution in [2.24, 2.45) is 5.92 Å². The highest BCUT2D eigenvalue weighted by molar-refractivity contribution is 6.42. The molecule has 1 aliphatic heterocycles. The van der Waals surface area contributed by atoms with Gasteiger partial charge in [-0.15, -0.1) is 0 Å². The van der Waals surface area contributed by atoms with Gasteiger partial charge in [-0.2, -0.15) is 0 Å². The molecule has 2 aromatic rings. The third kappa shape index (κ3) is 3.75. The SMILES string of the molecule is O=C(c1ccc(Cl)c(Cl)c1)N1CCCC(C(O)c2ccccc2)C1. The summed E-state index contributed by atoms with van der Waals surface area (Å²) in [7, 11) is 0. The molecular weight excluding hydrogens is 345 g/mol. The molecule has 2 atom stereocenters. The second kappa shape index (κ2) is 7.56. The van der Waals surface area contributed by atoms with E-state index in [1.165, 1.54) is 0 Å². The molecule has 1 saturated heterocycles. The summed E-state index contributed by atoms with van der Waals surface area (Å²) in [5.74, 6) is -0.0357. The molecule has 3 rings (SSSR count). The number of aliphatic hydroxyl groups excluding tert-OH is 1. The van der Waals surface area contributed by atoms with Crippen LogP contribution in [-0.4, -0.2) is 29.0 Å². The molecule has 0 radical (unpaired) electrons. The van der Waals surface area contributed by atoms with Crippen LogP contribution in [0.4, 0.5) is 0 Å². The van der Waals surface area contributed by atoms with E-state index in [-0.39, 0.29) is 11.8 Å². The first kappa shape index (κ1) is 17.3. The Morgan fingerprint density at radius 1 is 1.12 bits per heavy atom. The Kier molecular flexibility index (Phi) is 5.44. The van der Waals surface area contributed by atoms with Crippen molar-refractivity contribution in [1.29, 1.82) is 0 Å². The van der Waals surface area contributed by atoms with E-state index in [0.717, 1.165) is 18.4 Å². The van der Waals surface area contributed by atoms with Crippen LogP contribution in [0.3, 0.4) is 0 Å². The normalized spacial score (nSPS) is 19.1. The molecule has 1 fully saturated rings. The molecule has 3 nitrogen and oxygen atoms in total. The van der Waals surface area contributed by atoms with Gasteiger partial charge in [0.2, 0.25) is 0 Å². The molecule has 1 amide bonds. The maximum atomic E-state index is 12.7. The Hall–Kier alpha value is -1.55. The number of hydrogen-bond donors (Lipinski definition) is 1. The molecule has 1 aliphatic rings. The minimum Gasteiger partial charge on any atom is -0.388 e. The lowest BCUT2D eigenvalue weighted by Crippen LogP contribution is -2.41. The van der Waals surface area contributed by atoms with Gasteiger partial charge in [0, 0.05) is 24.6 Å². The number of halogens is 2. The van der Waals surface area contributed by atoms with Gasteiger partial charge in [0.1, 0.15) is 0 Å². The summed E-state index contributed by atoms with van der Waals surface area (Å²) in [6.07, 6.45) is 1.22. The highest BCUT2D eigenvalue weighted by Crippen LogP contribution is 2.31. The van der Waals surface area contributed by atoms with E-state index in [1.807, 2.05) is 30.3 Å². The number of hydrogen-bond acceptors (Lipinski definition) is 2. The van der Waals surface area contributed by atoms with Gasteiger partial charge >= 0.3 is 0 Å². The molecule has 1 N–H and O–H groups in total. The van der Waals surface area contributed by atoms with E-state index < -0.39 is 6.10 Å². The van der Waals surface area contributed by atoms with Crippen LogP contribution in [0.2, 0.25) is 10.0 Å². The maximum absolute atomic E-state index is 12.7. The molecule has 2 aromatic carbocycles. The molecule has 1 heterocycles. The lowest BCUT2D eigenvalue weighted by molar-refractivity contribution is 0.0401. The smallest absolute Gasteiger partial charge is 0.253 e. The van der Waals surface area contributed by atoms with Crippen molar-refractivity contribution in [3.8, 4) is 0 Å². The minimum absolute atomic E-state index is 0.0351. The number of carbonyl (C=O) groups excluding carboxylic acids is 1. The Balaban J connectivity index is 1.73. The van der Waals surface area contributed by atoms with Gasteiger partial charge in [-0.25, -0.2) is 0 Å². The van der Waals surface area contributed by atoms with Crippen LogP contribution in [0.15, 0.2) is 48.5 Å². The van der Waals surface area contributed by atoms with E-state index in [1.54, 1.807) is 23.1 Å². The van der Waals surface area contributed by atoms with Gasteiger partial charge in [-0.3, -0.25) is 4.79 Å². The number of amides is 1. The Morgan fingerprint density at radius 2 is 1.88 bits per heavy atom. The Labute approximate surface area is 151 Å². The first-order valence-electron chi connectivity index (χ1n) is 8.03. The predicted molar refractivity (Wildman–Crippen MR) is 96.5 cm³/mol. The summed E-state index contributed by atoms with van der Waals surface area (Å²) in [4.78, 5) is 14.5. The van der Waals surface area contributed by atoms with Gasteiger partial charge in [0.25, 0.3) is 5.91 Å². The monoisotopic (exact) mass is 363 g/mol. The summed E-state index contributed by atoms with van der Waals surface area (Å²) in [5, 5.41) is 11.4. The van der Waals surface area contributed by atoms with Crippen molar-refractivity contribution < 1.29 is 9.90 Å². The lowest BCUT2D eigenvalue weighted by Gasteiger charge is -2.35. The van der Waals surface area contributed by atoms with Crippen molar-refractivity contribution in [3.63, 3.8) is 0 Å². The van der Waals surface area contributed by atoms with E-state index in [4.69, 9.17) is 23.2 Å². The van der Waals surface area contributed by atoms with Gasteiger partial charge in [0.15, 0.2) is 0 Å². The van der Waals surface area contributed by atoms with Crippen molar-refractivity contribution in [2.45, 2.75) is 18.9 Å². The van der Waals surface area contributed by atoms with E-state index >= 15 is 0 Å². The van der Waals surface area contributed by atoms with Gasteiger partial charge in [-0.1, -0.05) is 53.5 Å². The number of likely N-dealkylation sites (tertiary alicyclic amines) is 1. The first-order valence-corrected chi connectivity index (χ1v) is 8.79. The minimum atomic E-state index is -0.560. The fourth-order valence-corrected chi connectivity index (χ4v) is 3.48. The molecule has 0 aliphatic carbocycles. The van der Waals surface area contributed by atoms with Crippen LogP contribution < -0.4 is 0 Å². The van der Waals surface area contributed by atoms with Crippen molar-refractivity contribution >= 4 is 29.1 Å². The second-order valence-corrected chi connectivity index (χ2v) is 6.95. The van der Waals surface area contributed by atoms with Crippen LogP contribution in [0, 0.1) is 5.92 Å². The number of piperidine rings is 1. The average Bonchev–Trinajstić information content (AvgIpc) is 2.63. The van der Waals surface area contributed by atoms with Crippen LogP contribution in [-0.2, 0) is 0 Å². The number of aliphatic hydroxyl groups is 1. The summed E-state index contributed by atoms with van der Waals surface area (Å²) in [6.45, 7) is 1.23. The third-order valence-electron chi connectivity index (χ3n) is 4.50. The van der Waals surface area contributed by atoms with Crippen LogP contribution in [0.25, 0.3) is 0 Å². The number of rotatable bonds is 3. The van der Waals surface area contributed by atoms with E-state index in [2.05, 4.69) is 0 Å². The number of carbonyl (C=O) groups is 1. The quantitative estimate of drug-likeness (QED) is 0.866. The highest BCUT2D eigenvalue weighted by Gasteiger charge is 2.29. The van der Waals surface area contributed by atoms with Gasteiger partial charge < -0.3 is 10.0 Å². The first-order chi connectivity index (χ1) is 11.6. The van der Waals surface area contributed by atoms with E-state index in [9.17, 15) is 9.90 Å². The molecule has 126 valence electrons. The van der Waals surface area contributed by atoms with Crippen LogP contribution >= 0.6 is 23.2 Å². The molecular formula is C19H19Cl2NO2. The topological polar surface area (TPSA) is 40.5 Å². The van der Waals surface area contributed by atoms with Crippen molar-refractivity contribution in [3.05, 3.63) is 69.7 Å². The fourth-order valence-electron chi connectivity index (χ4n) is 3.19. The summed E-state index contributed by atoms with van der Waals surface area (Å²) >= 11 is 11.9. The zero-order valence-electron chi connectivity index (χ0n) is 13.2. The predicted octanol–water partition coefficient (Wildman–Crippen LogP) is 4.58. The second-order valence-electron chi connectivity index (χ2n) is 6.14. The summed E-state index contributed by atoms with van der Waals surface area (Å²) in [6, 6.07) is 14.5. The zero-order chi connectivity index (χ0) is 17.1. The number of benzene rings is 2. The fraction of sp³-hybridized carbons (Fsp3) is 0.316. The van der Waals surface area contributed by atoms with Crippen LogP contribution in [0.5, 0.6) is 0 Å². The molecule has 0 spiro atoms. The van der Waals surface area contributed by atoms with Gasteiger partial charge in [0.05, 0.1) is 16.1 Å². The highest BCUT2D eigenvalue weighted by atomic mass is 35.5. The molecule has 0 saturated carbocycles.